The van der Waals surface area contributed by atoms with Crippen molar-refractivity contribution in [2.75, 3.05) is 25.0 Å². The monoisotopic (exact) mass is 327 g/mol. The summed E-state index contributed by atoms with van der Waals surface area (Å²) in [7, 11) is 0. The Morgan fingerprint density at radius 2 is 2.23 bits per heavy atom. The second-order valence-electron chi connectivity index (χ2n) is 5.58. The van der Waals surface area contributed by atoms with Crippen LogP contribution < -0.4 is 21.1 Å². The molecule has 0 bridgehead atoms. The summed E-state index contributed by atoms with van der Waals surface area (Å²) in [5, 5.41) is 6.15. The number of benzene rings is 1. The number of hydrogen-bond donors (Lipinski definition) is 3. The minimum atomic E-state index is -0.537. The van der Waals surface area contributed by atoms with Crippen molar-refractivity contribution < 1.29 is 14.3 Å². The van der Waals surface area contributed by atoms with Crippen molar-refractivity contribution >= 4 is 29.9 Å². The lowest BCUT2D eigenvalue weighted by molar-refractivity contribution is -0.125. The van der Waals surface area contributed by atoms with Crippen LogP contribution in [0.15, 0.2) is 24.3 Å². The highest BCUT2D eigenvalue weighted by atomic mass is 35.5. The summed E-state index contributed by atoms with van der Waals surface area (Å²) < 4.78 is 5.22. The molecule has 0 aromatic heterocycles. The van der Waals surface area contributed by atoms with E-state index in [1.165, 1.54) is 0 Å². The number of halogens is 1. The zero-order valence-corrected chi connectivity index (χ0v) is 13.4. The minimum Gasteiger partial charge on any atom is -0.484 e. The second-order valence-corrected chi connectivity index (χ2v) is 5.58. The predicted octanol–water partition coefficient (Wildman–Crippen LogP) is 1.30. The topological polar surface area (TPSA) is 93.4 Å². The third kappa shape index (κ3) is 4.89. The number of rotatable bonds is 5. The fourth-order valence-electron chi connectivity index (χ4n) is 2.35. The summed E-state index contributed by atoms with van der Waals surface area (Å²) in [5.74, 6) is -0.0505. The van der Waals surface area contributed by atoms with E-state index in [9.17, 15) is 9.59 Å². The van der Waals surface area contributed by atoms with E-state index in [4.69, 9.17) is 10.5 Å². The Kier molecular flexibility index (Phi) is 6.64. The van der Waals surface area contributed by atoms with Crippen molar-refractivity contribution in [2.24, 2.45) is 11.1 Å². The van der Waals surface area contributed by atoms with Gasteiger partial charge in [0.1, 0.15) is 5.75 Å². The van der Waals surface area contributed by atoms with Crippen LogP contribution in [0.2, 0.25) is 0 Å². The number of amides is 2. The molecule has 7 heteroatoms. The van der Waals surface area contributed by atoms with Crippen LogP contribution in [0.4, 0.5) is 5.69 Å². The smallest absolute Gasteiger partial charge is 0.255 e. The molecule has 22 heavy (non-hydrogen) atoms. The largest absolute Gasteiger partial charge is 0.484 e. The van der Waals surface area contributed by atoms with E-state index in [0.717, 1.165) is 19.4 Å². The Morgan fingerprint density at radius 1 is 1.45 bits per heavy atom. The quantitative estimate of drug-likeness (QED) is 0.760. The van der Waals surface area contributed by atoms with Gasteiger partial charge in [0.05, 0.1) is 5.41 Å². The van der Waals surface area contributed by atoms with E-state index >= 15 is 0 Å². The molecule has 1 atom stereocenters. The van der Waals surface area contributed by atoms with E-state index in [2.05, 4.69) is 10.6 Å². The minimum absolute atomic E-state index is 0. The van der Waals surface area contributed by atoms with Gasteiger partial charge in [0.2, 0.25) is 5.91 Å². The average molecular weight is 328 g/mol. The van der Waals surface area contributed by atoms with Gasteiger partial charge in [-0.15, -0.1) is 12.4 Å². The standard InChI is InChI=1S/C15H21N3O3.ClH/c1-15(6-3-7-17-10-15)14(20)18-11-4-2-5-12(8-11)21-9-13(16)19;/h2,4-5,8,17H,3,6-7,9-10H2,1H3,(H2,16,19)(H,18,20);1H. The lowest BCUT2D eigenvalue weighted by Gasteiger charge is -2.32. The molecule has 0 saturated carbocycles. The highest BCUT2D eigenvalue weighted by Crippen LogP contribution is 2.28. The molecule has 1 aromatic rings. The van der Waals surface area contributed by atoms with Gasteiger partial charge in [-0.05, 0) is 38.4 Å². The summed E-state index contributed by atoms with van der Waals surface area (Å²) in [6, 6.07) is 6.94. The molecule has 1 heterocycles. The fraction of sp³-hybridized carbons (Fsp3) is 0.467. The summed E-state index contributed by atoms with van der Waals surface area (Å²) >= 11 is 0. The van der Waals surface area contributed by atoms with Gasteiger partial charge >= 0.3 is 0 Å². The number of piperidine rings is 1. The van der Waals surface area contributed by atoms with Crippen molar-refractivity contribution in [2.45, 2.75) is 19.8 Å². The zero-order chi connectivity index (χ0) is 15.3. The molecule has 2 amide bonds. The normalized spacial score (nSPS) is 20.6. The number of anilines is 1. The van der Waals surface area contributed by atoms with Gasteiger partial charge in [-0.1, -0.05) is 6.07 Å². The summed E-state index contributed by atoms with van der Waals surface area (Å²) in [6.45, 7) is 3.41. The maximum absolute atomic E-state index is 12.4. The number of carbonyl (C=O) groups excluding carboxylic acids is 2. The highest BCUT2D eigenvalue weighted by Gasteiger charge is 2.34. The van der Waals surface area contributed by atoms with Gasteiger partial charge in [-0.25, -0.2) is 0 Å². The molecule has 0 spiro atoms. The zero-order valence-electron chi connectivity index (χ0n) is 12.6. The number of hydrogen-bond acceptors (Lipinski definition) is 4. The van der Waals surface area contributed by atoms with Crippen molar-refractivity contribution in [1.29, 1.82) is 0 Å². The molecule has 1 saturated heterocycles. The van der Waals surface area contributed by atoms with Gasteiger partial charge in [0.25, 0.3) is 5.91 Å². The van der Waals surface area contributed by atoms with Crippen LogP contribution in [-0.2, 0) is 9.59 Å². The number of nitrogens with one attached hydrogen (secondary N) is 2. The third-order valence-electron chi connectivity index (χ3n) is 3.62. The Hall–Kier alpha value is -1.79. The van der Waals surface area contributed by atoms with Crippen LogP contribution in [0.1, 0.15) is 19.8 Å². The van der Waals surface area contributed by atoms with Crippen molar-refractivity contribution in [3.05, 3.63) is 24.3 Å². The summed E-state index contributed by atoms with van der Waals surface area (Å²) in [6.07, 6.45) is 1.86. The first-order chi connectivity index (χ1) is 9.99. The van der Waals surface area contributed by atoms with E-state index in [1.807, 2.05) is 6.92 Å². The van der Waals surface area contributed by atoms with Gasteiger partial charge < -0.3 is 21.1 Å². The Bertz CT molecular complexity index is 531. The molecule has 0 aliphatic carbocycles. The molecule has 1 unspecified atom stereocenters. The maximum atomic E-state index is 12.4. The van der Waals surface area contributed by atoms with Gasteiger partial charge in [-0.3, -0.25) is 9.59 Å². The van der Waals surface area contributed by atoms with Crippen LogP contribution >= 0.6 is 12.4 Å². The lowest BCUT2D eigenvalue weighted by atomic mass is 9.82. The molecular weight excluding hydrogens is 306 g/mol. The summed E-state index contributed by atoms with van der Waals surface area (Å²) in [4.78, 5) is 23.1. The van der Waals surface area contributed by atoms with E-state index in [-0.39, 0.29) is 24.9 Å². The molecule has 122 valence electrons. The first-order valence-corrected chi connectivity index (χ1v) is 7.03. The van der Waals surface area contributed by atoms with E-state index < -0.39 is 11.3 Å². The van der Waals surface area contributed by atoms with Gasteiger partial charge in [-0.2, -0.15) is 0 Å². The molecule has 1 aliphatic heterocycles. The van der Waals surface area contributed by atoms with Crippen molar-refractivity contribution in [3.63, 3.8) is 0 Å². The van der Waals surface area contributed by atoms with Gasteiger partial charge in [0.15, 0.2) is 6.61 Å². The second kappa shape index (κ2) is 8.00. The Labute approximate surface area is 136 Å². The number of primary amides is 1. The van der Waals surface area contributed by atoms with Crippen molar-refractivity contribution in [1.82, 2.24) is 5.32 Å². The van der Waals surface area contributed by atoms with Crippen LogP contribution in [0.3, 0.4) is 0 Å². The number of nitrogens with two attached hydrogens (primary N) is 1. The van der Waals surface area contributed by atoms with Crippen LogP contribution in [-0.4, -0.2) is 31.5 Å². The van der Waals surface area contributed by atoms with Crippen LogP contribution in [0, 0.1) is 5.41 Å². The fourth-order valence-corrected chi connectivity index (χ4v) is 2.35. The average Bonchev–Trinajstić information content (AvgIpc) is 2.46. The third-order valence-corrected chi connectivity index (χ3v) is 3.62. The van der Waals surface area contributed by atoms with E-state index in [1.54, 1.807) is 24.3 Å². The van der Waals surface area contributed by atoms with Crippen LogP contribution in [0.25, 0.3) is 0 Å². The number of ether oxygens (including phenoxy) is 1. The molecular formula is C15H22ClN3O3. The maximum Gasteiger partial charge on any atom is 0.255 e. The lowest BCUT2D eigenvalue weighted by Crippen LogP contribution is -2.46. The molecule has 1 aliphatic rings. The Morgan fingerprint density at radius 3 is 2.86 bits per heavy atom. The molecule has 0 radical (unpaired) electrons. The van der Waals surface area contributed by atoms with Gasteiger partial charge in [0, 0.05) is 18.3 Å². The first kappa shape index (κ1) is 18.3. The van der Waals surface area contributed by atoms with Crippen molar-refractivity contribution in [3.8, 4) is 5.75 Å². The number of carbonyl (C=O) groups is 2. The highest BCUT2D eigenvalue weighted by molar-refractivity contribution is 5.95. The first-order valence-electron chi connectivity index (χ1n) is 7.03. The Balaban J connectivity index is 0.00000242. The molecule has 2 rings (SSSR count). The summed E-state index contributed by atoms with van der Waals surface area (Å²) in [5.41, 5.74) is 5.28. The molecule has 1 fully saturated rings. The molecule has 6 nitrogen and oxygen atoms in total. The SMILES string of the molecule is CC1(C(=O)Nc2cccc(OCC(N)=O)c2)CCCNC1.Cl. The molecule has 1 aromatic carbocycles. The molecule has 4 N–H and O–H groups in total. The van der Waals surface area contributed by atoms with Crippen LogP contribution in [0.5, 0.6) is 5.75 Å². The predicted molar refractivity (Wildman–Crippen MR) is 87.2 cm³/mol. The van der Waals surface area contributed by atoms with E-state index in [0.29, 0.717) is 18.0 Å².